The summed E-state index contributed by atoms with van der Waals surface area (Å²) in [5, 5.41) is 5.22. The molecule has 1 N–H and O–H groups in total. The van der Waals surface area contributed by atoms with Gasteiger partial charge < -0.3 is 9.30 Å². The van der Waals surface area contributed by atoms with Crippen molar-refractivity contribution in [2.24, 2.45) is 5.10 Å². The van der Waals surface area contributed by atoms with Crippen LogP contribution in [0, 0.1) is 0 Å². The summed E-state index contributed by atoms with van der Waals surface area (Å²) in [5.74, 6) is 0.494. The average molecular weight is 335 g/mol. The van der Waals surface area contributed by atoms with Gasteiger partial charge in [-0.05, 0) is 44.2 Å². The van der Waals surface area contributed by atoms with Crippen molar-refractivity contribution < 1.29 is 9.53 Å². The molecule has 25 heavy (non-hydrogen) atoms. The van der Waals surface area contributed by atoms with Gasteiger partial charge in [0, 0.05) is 34.8 Å². The van der Waals surface area contributed by atoms with Crippen LogP contribution >= 0.6 is 0 Å². The maximum atomic E-state index is 12.2. The number of ether oxygens (including phenoxy) is 1. The van der Waals surface area contributed by atoms with Gasteiger partial charge in [0.15, 0.2) is 0 Å². The Hall–Kier alpha value is -3.08. The van der Waals surface area contributed by atoms with E-state index >= 15 is 0 Å². The molecule has 1 aromatic heterocycles. The van der Waals surface area contributed by atoms with Gasteiger partial charge in [-0.15, -0.1) is 0 Å². The molecule has 1 amide bonds. The maximum absolute atomic E-state index is 12.2. The zero-order valence-electron chi connectivity index (χ0n) is 14.4. The first-order chi connectivity index (χ1) is 12.2. The highest BCUT2D eigenvalue weighted by atomic mass is 16.5. The van der Waals surface area contributed by atoms with E-state index in [0.717, 1.165) is 28.8 Å². The fraction of sp³-hybridized carbons (Fsp3) is 0.200. The van der Waals surface area contributed by atoms with Gasteiger partial charge in [0.05, 0.1) is 12.8 Å². The maximum Gasteiger partial charge on any atom is 0.271 e. The quantitative estimate of drug-likeness (QED) is 0.550. The Morgan fingerprint density at radius 1 is 1.16 bits per heavy atom. The van der Waals surface area contributed by atoms with Gasteiger partial charge in [-0.3, -0.25) is 4.79 Å². The zero-order chi connectivity index (χ0) is 17.6. The van der Waals surface area contributed by atoms with E-state index in [2.05, 4.69) is 34.2 Å². The third kappa shape index (κ3) is 3.71. The topological polar surface area (TPSA) is 55.6 Å². The van der Waals surface area contributed by atoms with Crippen molar-refractivity contribution in [2.45, 2.75) is 20.4 Å². The van der Waals surface area contributed by atoms with Crippen LogP contribution < -0.4 is 10.2 Å². The number of hydrazone groups is 1. The Labute approximate surface area is 146 Å². The highest BCUT2D eigenvalue weighted by Crippen LogP contribution is 2.19. The number of fused-ring (bicyclic) bond motifs is 1. The molecule has 0 bridgehead atoms. The van der Waals surface area contributed by atoms with Crippen molar-refractivity contribution in [3.8, 4) is 5.75 Å². The minimum Gasteiger partial charge on any atom is -0.494 e. The highest BCUT2D eigenvalue weighted by Gasteiger charge is 2.06. The van der Waals surface area contributed by atoms with Gasteiger partial charge in [-0.1, -0.05) is 18.2 Å². The molecule has 0 aliphatic carbocycles. The third-order valence-electron chi connectivity index (χ3n) is 3.96. The normalized spacial score (nSPS) is 11.1. The fourth-order valence-corrected chi connectivity index (χ4v) is 2.73. The molecule has 0 atom stereocenters. The van der Waals surface area contributed by atoms with Gasteiger partial charge in [-0.25, -0.2) is 5.43 Å². The van der Waals surface area contributed by atoms with E-state index in [-0.39, 0.29) is 5.91 Å². The molecule has 0 aliphatic rings. The van der Waals surface area contributed by atoms with Crippen LogP contribution in [0.3, 0.4) is 0 Å². The Bertz CT molecular complexity index is 895. The molecular weight excluding hydrogens is 314 g/mol. The Kier molecular flexibility index (Phi) is 5.14. The van der Waals surface area contributed by atoms with Crippen molar-refractivity contribution >= 4 is 23.0 Å². The van der Waals surface area contributed by atoms with Gasteiger partial charge >= 0.3 is 0 Å². The molecule has 2 aromatic carbocycles. The van der Waals surface area contributed by atoms with Crippen LogP contribution in [0.2, 0.25) is 0 Å². The van der Waals surface area contributed by atoms with Crippen molar-refractivity contribution in [3.63, 3.8) is 0 Å². The largest absolute Gasteiger partial charge is 0.494 e. The number of hydrogen-bond acceptors (Lipinski definition) is 3. The number of para-hydroxylation sites is 1. The second-order valence-electron chi connectivity index (χ2n) is 5.54. The predicted molar refractivity (Wildman–Crippen MR) is 100 cm³/mol. The molecule has 0 saturated carbocycles. The van der Waals surface area contributed by atoms with Crippen LogP contribution in [0.25, 0.3) is 10.9 Å². The number of hydrogen-bond donors (Lipinski definition) is 1. The average Bonchev–Trinajstić information content (AvgIpc) is 3.01. The Morgan fingerprint density at radius 2 is 1.92 bits per heavy atom. The van der Waals surface area contributed by atoms with Gasteiger partial charge in [0.2, 0.25) is 0 Å². The number of rotatable bonds is 6. The molecule has 5 heteroatoms. The van der Waals surface area contributed by atoms with Crippen LogP contribution in [0.5, 0.6) is 5.75 Å². The first-order valence-corrected chi connectivity index (χ1v) is 8.37. The van der Waals surface area contributed by atoms with E-state index in [9.17, 15) is 4.79 Å². The molecule has 0 radical (unpaired) electrons. The van der Waals surface area contributed by atoms with Gasteiger partial charge in [0.25, 0.3) is 5.91 Å². The lowest BCUT2D eigenvalue weighted by molar-refractivity contribution is 0.0955. The van der Waals surface area contributed by atoms with E-state index in [4.69, 9.17) is 4.74 Å². The number of carbonyl (C=O) groups is 1. The van der Waals surface area contributed by atoms with E-state index in [1.807, 2.05) is 25.3 Å². The number of aryl methyl sites for hydroxylation is 1. The molecule has 0 fully saturated rings. The molecule has 128 valence electrons. The molecule has 0 unspecified atom stereocenters. The summed E-state index contributed by atoms with van der Waals surface area (Å²) in [6.45, 7) is 5.50. The molecule has 3 rings (SSSR count). The van der Waals surface area contributed by atoms with E-state index in [0.29, 0.717) is 12.2 Å². The van der Waals surface area contributed by atoms with Gasteiger partial charge in [0.1, 0.15) is 5.75 Å². The lowest BCUT2D eigenvalue weighted by atomic mass is 10.2. The molecule has 3 aromatic rings. The minimum atomic E-state index is -0.251. The number of nitrogens with zero attached hydrogens (tertiary/aromatic N) is 2. The first-order valence-electron chi connectivity index (χ1n) is 8.37. The van der Waals surface area contributed by atoms with Crippen LogP contribution in [0.1, 0.15) is 29.8 Å². The van der Waals surface area contributed by atoms with Crippen LogP contribution in [0.4, 0.5) is 0 Å². The number of amides is 1. The van der Waals surface area contributed by atoms with Crippen LogP contribution in [0.15, 0.2) is 59.8 Å². The van der Waals surface area contributed by atoms with Gasteiger partial charge in [-0.2, -0.15) is 5.10 Å². The molecule has 0 aliphatic heterocycles. The second kappa shape index (κ2) is 7.66. The summed E-state index contributed by atoms with van der Waals surface area (Å²) in [5.41, 5.74) is 5.24. The number of aromatic nitrogens is 1. The third-order valence-corrected chi connectivity index (χ3v) is 3.96. The summed E-state index contributed by atoms with van der Waals surface area (Å²) >= 11 is 0. The Balaban J connectivity index is 1.71. The van der Waals surface area contributed by atoms with Crippen molar-refractivity contribution in [1.82, 2.24) is 9.99 Å². The SMILES string of the molecule is CCOc1ccc(C(=O)N/N=C\c2cn(CC)c3ccccc23)cc1. The number of carbonyl (C=O) groups excluding carboxylic acids is 1. The summed E-state index contributed by atoms with van der Waals surface area (Å²) in [6, 6.07) is 15.1. The summed E-state index contributed by atoms with van der Waals surface area (Å²) in [4.78, 5) is 12.2. The van der Waals surface area contributed by atoms with Crippen molar-refractivity contribution in [3.05, 3.63) is 65.9 Å². The van der Waals surface area contributed by atoms with Crippen molar-refractivity contribution in [2.75, 3.05) is 6.61 Å². The molecule has 0 spiro atoms. The highest BCUT2D eigenvalue weighted by molar-refractivity contribution is 6.00. The van der Waals surface area contributed by atoms with E-state index < -0.39 is 0 Å². The first kappa shape index (κ1) is 16.8. The van der Waals surface area contributed by atoms with E-state index in [1.165, 1.54) is 0 Å². The zero-order valence-corrected chi connectivity index (χ0v) is 14.4. The smallest absolute Gasteiger partial charge is 0.271 e. The summed E-state index contributed by atoms with van der Waals surface area (Å²) in [6.07, 6.45) is 3.72. The fourth-order valence-electron chi connectivity index (χ4n) is 2.73. The summed E-state index contributed by atoms with van der Waals surface area (Å²) in [7, 11) is 0. The standard InChI is InChI=1S/C20H21N3O2/c1-3-23-14-16(18-7-5-6-8-19(18)23)13-21-22-20(24)15-9-11-17(12-10-15)25-4-2/h5-14H,3-4H2,1-2H3,(H,22,24)/b21-13-. The minimum absolute atomic E-state index is 0.251. The monoisotopic (exact) mass is 335 g/mol. The molecule has 0 saturated heterocycles. The second-order valence-corrected chi connectivity index (χ2v) is 5.54. The lowest BCUT2D eigenvalue weighted by Crippen LogP contribution is -2.17. The van der Waals surface area contributed by atoms with Crippen molar-refractivity contribution in [1.29, 1.82) is 0 Å². The summed E-state index contributed by atoms with van der Waals surface area (Å²) < 4.78 is 7.53. The number of nitrogens with one attached hydrogen (secondary N) is 1. The molecule has 5 nitrogen and oxygen atoms in total. The van der Waals surface area contributed by atoms with Crippen LogP contribution in [-0.4, -0.2) is 23.3 Å². The Morgan fingerprint density at radius 3 is 2.64 bits per heavy atom. The van der Waals surface area contributed by atoms with E-state index in [1.54, 1.807) is 30.5 Å². The molecular formula is C20H21N3O2. The lowest BCUT2D eigenvalue weighted by Gasteiger charge is -2.03. The van der Waals surface area contributed by atoms with Crippen LogP contribution in [-0.2, 0) is 6.54 Å². The predicted octanol–water partition coefficient (Wildman–Crippen LogP) is 3.82. The molecule has 1 heterocycles. The number of benzene rings is 2.